The second-order valence-corrected chi connectivity index (χ2v) is 17.1. The van der Waals surface area contributed by atoms with Gasteiger partial charge in [0.2, 0.25) is 0 Å². The van der Waals surface area contributed by atoms with Crippen molar-refractivity contribution in [3.63, 3.8) is 0 Å². The van der Waals surface area contributed by atoms with E-state index in [4.69, 9.17) is 4.42 Å². The lowest BCUT2D eigenvalue weighted by atomic mass is 9.43. The Bertz CT molecular complexity index is 2030. The summed E-state index contributed by atoms with van der Waals surface area (Å²) in [6.07, 6.45) is 5.59. The monoisotopic (exact) mass is 717 g/mol. The average molecular weight is 718 g/mol. The van der Waals surface area contributed by atoms with Gasteiger partial charge in [0.15, 0.2) is 0 Å². The Hall–Kier alpha value is -3.77. The zero-order valence-electron chi connectivity index (χ0n) is 29.6. The maximum Gasteiger partial charge on any atom is 0.442 e. The second kappa shape index (κ2) is 11.6. The SMILES string of the molecule is C[C@]12CC[C@]3(C[C@@H]1CC[C@@H]1[C@@H]2CC[C@]2(C)[C@@H](O)CC[C@@H]12)NCCc1c3c(=O)oc2cc(NC(=O)NCc3ccc(C4(C(F)(F)F)N=N4)cc3)ccc12. The lowest BCUT2D eigenvalue weighted by molar-refractivity contribution is -0.166. The molecule has 276 valence electrons. The van der Waals surface area contributed by atoms with E-state index >= 15 is 0 Å². The van der Waals surface area contributed by atoms with Crippen LogP contribution in [0.4, 0.5) is 23.7 Å². The van der Waals surface area contributed by atoms with Gasteiger partial charge in [-0.1, -0.05) is 38.1 Å². The van der Waals surface area contributed by atoms with Crippen molar-refractivity contribution in [2.24, 2.45) is 44.7 Å². The lowest BCUT2D eigenvalue weighted by Crippen LogP contribution is -2.60. The fourth-order valence-corrected chi connectivity index (χ4v) is 11.9. The summed E-state index contributed by atoms with van der Waals surface area (Å²) in [5, 5.41) is 27.6. The van der Waals surface area contributed by atoms with Crippen LogP contribution in [0.15, 0.2) is 61.9 Å². The molecule has 4 aliphatic carbocycles. The molecule has 9 nitrogen and oxygen atoms in total. The number of hydrogen-bond donors (Lipinski definition) is 4. The Morgan fingerprint density at radius 3 is 2.50 bits per heavy atom. The molecule has 4 N–H and O–H groups in total. The number of fused-ring (bicyclic) bond motifs is 9. The molecule has 8 atom stereocenters. The number of amides is 2. The molecule has 4 saturated carbocycles. The number of rotatable bonds is 4. The summed E-state index contributed by atoms with van der Waals surface area (Å²) in [4.78, 5) is 26.7. The summed E-state index contributed by atoms with van der Waals surface area (Å²) in [5.74, 6) is 2.47. The Morgan fingerprint density at radius 1 is 0.981 bits per heavy atom. The standard InChI is InChI=1S/C40H46F3N5O4/c1-36-16-17-38(20-24(36)7-9-28-29-11-12-32(49)37(29,2)15-13-30(28)36)33-27(14-18-45-38)26-10-8-25(19-31(26)52-34(33)50)46-35(51)44-21-22-3-5-23(6-4-22)39(47-48-39)40(41,42)43/h3-6,8,10,19,24,28-30,32,45,49H,7,9,11-18,20-21H2,1-2H3,(H2,44,46,51)/t24-,28-,29-,30-,32-,36-,37-,38+/m0/s1. The molecule has 52 heavy (non-hydrogen) atoms. The fourth-order valence-electron chi connectivity index (χ4n) is 11.9. The van der Waals surface area contributed by atoms with Gasteiger partial charge in [-0.2, -0.15) is 13.2 Å². The molecule has 6 aliphatic rings. The molecule has 1 aromatic heterocycles. The zero-order valence-corrected chi connectivity index (χ0v) is 29.6. The Balaban J connectivity index is 0.898. The van der Waals surface area contributed by atoms with Crippen LogP contribution < -0.4 is 21.6 Å². The maximum absolute atomic E-state index is 13.9. The number of nitrogens with one attached hydrogen (secondary N) is 3. The molecule has 0 saturated heterocycles. The number of benzene rings is 2. The molecule has 0 radical (unpaired) electrons. The van der Waals surface area contributed by atoms with Crippen LogP contribution in [-0.2, 0) is 24.2 Å². The van der Waals surface area contributed by atoms with Gasteiger partial charge in [0.25, 0.3) is 0 Å². The summed E-state index contributed by atoms with van der Waals surface area (Å²) in [6.45, 7) is 5.74. The van der Waals surface area contributed by atoms with E-state index in [0.717, 1.165) is 68.0 Å². The molecular formula is C40H46F3N5O4. The van der Waals surface area contributed by atoms with Gasteiger partial charge >= 0.3 is 23.5 Å². The maximum atomic E-state index is 13.9. The van der Waals surface area contributed by atoms with Crippen LogP contribution in [0.25, 0.3) is 11.0 Å². The molecule has 2 aliphatic heterocycles. The highest BCUT2D eigenvalue weighted by atomic mass is 19.4. The quantitative estimate of drug-likeness (QED) is 0.203. The van der Waals surface area contributed by atoms with Gasteiger partial charge < -0.3 is 25.5 Å². The first-order valence-electron chi connectivity index (χ1n) is 18.9. The molecule has 3 aromatic rings. The third-order valence-electron chi connectivity index (χ3n) is 14.8. The number of aliphatic hydroxyl groups excluding tert-OH is 1. The second-order valence-electron chi connectivity index (χ2n) is 17.1. The van der Waals surface area contributed by atoms with E-state index in [2.05, 4.69) is 40.0 Å². The molecule has 0 bridgehead atoms. The summed E-state index contributed by atoms with van der Waals surface area (Å²) in [6, 6.07) is 10.5. The normalized spacial score (nSPS) is 35.7. The fraction of sp³-hybridized carbons (Fsp3) is 0.600. The van der Waals surface area contributed by atoms with Crippen molar-refractivity contribution in [2.75, 3.05) is 11.9 Å². The van der Waals surface area contributed by atoms with Crippen molar-refractivity contribution in [1.29, 1.82) is 0 Å². The number of carbonyl (C=O) groups excluding carboxylic acids is 1. The van der Waals surface area contributed by atoms with Crippen molar-refractivity contribution >= 4 is 22.7 Å². The summed E-state index contributed by atoms with van der Waals surface area (Å²) in [7, 11) is 0. The van der Waals surface area contributed by atoms with Crippen LogP contribution in [0, 0.1) is 34.5 Å². The third kappa shape index (κ3) is 5.02. The van der Waals surface area contributed by atoms with E-state index in [9.17, 15) is 27.9 Å². The van der Waals surface area contributed by atoms with Crippen LogP contribution in [0.2, 0.25) is 0 Å². The van der Waals surface area contributed by atoms with E-state index in [1.165, 1.54) is 37.1 Å². The van der Waals surface area contributed by atoms with Crippen molar-refractivity contribution < 1.29 is 27.5 Å². The van der Waals surface area contributed by atoms with Crippen molar-refractivity contribution in [2.45, 2.75) is 108 Å². The smallest absolute Gasteiger partial charge is 0.422 e. The Labute approximate surface area is 300 Å². The largest absolute Gasteiger partial charge is 0.442 e. The minimum Gasteiger partial charge on any atom is -0.422 e. The highest BCUT2D eigenvalue weighted by Gasteiger charge is 2.65. The Morgan fingerprint density at radius 2 is 1.75 bits per heavy atom. The first-order chi connectivity index (χ1) is 24.8. The predicted octanol–water partition coefficient (Wildman–Crippen LogP) is 8.04. The van der Waals surface area contributed by atoms with Gasteiger partial charge in [-0.25, -0.2) is 9.59 Å². The van der Waals surface area contributed by atoms with Gasteiger partial charge in [-0.05, 0) is 122 Å². The zero-order chi connectivity index (χ0) is 36.3. The first-order valence-corrected chi connectivity index (χ1v) is 18.9. The van der Waals surface area contributed by atoms with Crippen LogP contribution >= 0.6 is 0 Å². The van der Waals surface area contributed by atoms with Gasteiger partial charge in [0.1, 0.15) is 5.58 Å². The lowest BCUT2D eigenvalue weighted by Gasteiger charge is -2.62. The number of aliphatic hydroxyl groups is 1. The van der Waals surface area contributed by atoms with Crippen LogP contribution in [0.3, 0.4) is 0 Å². The molecule has 3 heterocycles. The van der Waals surface area contributed by atoms with E-state index in [1.807, 2.05) is 6.07 Å². The van der Waals surface area contributed by atoms with Gasteiger partial charge in [0, 0.05) is 35.8 Å². The van der Waals surface area contributed by atoms with E-state index in [0.29, 0.717) is 46.9 Å². The third-order valence-corrected chi connectivity index (χ3v) is 14.8. The van der Waals surface area contributed by atoms with Crippen LogP contribution in [0.1, 0.15) is 93.9 Å². The van der Waals surface area contributed by atoms with Gasteiger partial charge in [-0.15, -0.1) is 10.2 Å². The summed E-state index contributed by atoms with van der Waals surface area (Å²) >= 11 is 0. The number of anilines is 1. The molecule has 0 unspecified atom stereocenters. The Kier molecular flexibility index (Phi) is 7.60. The molecular weight excluding hydrogens is 671 g/mol. The minimum atomic E-state index is -4.60. The van der Waals surface area contributed by atoms with Crippen LogP contribution in [-0.4, -0.2) is 30.0 Å². The number of urea groups is 1. The first kappa shape index (κ1) is 34.0. The highest BCUT2D eigenvalue weighted by Crippen LogP contribution is 2.67. The number of halogens is 3. The highest BCUT2D eigenvalue weighted by molar-refractivity contribution is 5.93. The van der Waals surface area contributed by atoms with E-state index in [1.54, 1.807) is 12.1 Å². The molecule has 2 amide bonds. The van der Waals surface area contributed by atoms with Crippen molar-refractivity contribution in [1.82, 2.24) is 10.6 Å². The molecule has 1 spiro atoms. The number of nitrogens with zero attached hydrogens (tertiary/aromatic N) is 2. The number of hydrogen-bond acceptors (Lipinski definition) is 7. The van der Waals surface area contributed by atoms with Crippen molar-refractivity contribution in [3.8, 4) is 0 Å². The average Bonchev–Trinajstić information content (AvgIpc) is 3.88. The van der Waals surface area contributed by atoms with Gasteiger partial charge in [0.05, 0.1) is 17.2 Å². The molecule has 12 heteroatoms. The summed E-state index contributed by atoms with van der Waals surface area (Å²) < 4.78 is 46.0. The summed E-state index contributed by atoms with van der Waals surface area (Å²) in [5.41, 5.74) is 0.319. The predicted molar refractivity (Wildman–Crippen MR) is 188 cm³/mol. The molecule has 2 aromatic carbocycles. The van der Waals surface area contributed by atoms with Gasteiger partial charge in [-0.3, -0.25) is 0 Å². The molecule has 9 rings (SSSR count). The number of carbonyl (C=O) groups is 1. The van der Waals surface area contributed by atoms with Crippen LogP contribution in [0.5, 0.6) is 0 Å². The topological polar surface area (TPSA) is 128 Å². The van der Waals surface area contributed by atoms with Crippen molar-refractivity contribution in [3.05, 3.63) is 75.1 Å². The van der Waals surface area contributed by atoms with E-state index in [-0.39, 0.29) is 34.7 Å². The number of alkyl halides is 3. The minimum absolute atomic E-state index is 0.0649. The van der Waals surface area contributed by atoms with E-state index < -0.39 is 23.4 Å². The molecule has 4 fully saturated rings.